The van der Waals surface area contributed by atoms with Crippen LogP contribution < -0.4 is 0 Å². The summed E-state index contributed by atoms with van der Waals surface area (Å²) in [5.74, 6) is -0.674. The predicted octanol–water partition coefficient (Wildman–Crippen LogP) is 0.258. The van der Waals surface area contributed by atoms with Gasteiger partial charge in [-0.2, -0.15) is 0 Å². The van der Waals surface area contributed by atoms with Crippen LogP contribution in [0.15, 0.2) is 0 Å². The average molecular weight is 242 g/mol. The molecule has 0 aromatic heterocycles. The van der Waals surface area contributed by atoms with E-state index in [2.05, 4.69) is 16.8 Å². The first kappa shape index (κ1) is 12.8. The maximum absolute atomic E-state index is 11.7. The van der Waals surface area contributed by atoms with Crippen molar-refractivity contribution >= 4 is 5.97 Å². The summed E-state index contributed by atoms with van der Waals surface area (Å²) in [6, 6.07) is 0. The van der Waals surface area contributed by atoms with E-state index in [1.807, 2.05) is 0 Å². The summed E-state index contributed by atoms with van der Waals surface area (Å²) < 4.78 is 5.41. The van der Waals surface area contributed by atoms with Crippen LogP contribution in [0.2, 0.25) is 0 Å². The molecule has 2 rings (SSSR count). The van der Waals surface area contributed by atoms with E-state index >= 15 is 0 Å². The summed E-state index contributed by atoms with van der Waals surface area (Å²) in [7, 11) is 2.08. The fourth-order valence-corrected chi connectivity index (χ4v) is 2.83. The van der Waals surface area contributed by atoms with Crippen LogP contribution in [0.25, 0.3) is 0 Å². The van der Waals surface area contributed by atoms with Crippen LogP contribution in [0.3, 0.4) is 0 Å². The van der Waals surface area contributed by atoms with Crippen molar-refractivity contribution in [2.45, 2.75) is 24.8 Å². The summed E-state index contributed by atoms with van der Waals surface area (Å²) in [6.07, 6.45) is 2.18. The Balaban J connectivity index is 2.12. The summed E-state index contributed by atoms with van der Waals surface area (Å²) in [4.78, 5) is 16.1. The second kappa shape index (κ2) is 5.33. The third kappa shape index (κ3) is 2.61. The van der Waals surface area contributed by atoms with Gasteiger partial charge in [0.1, 0.15) is 5.54 Å². The van der Waals surface area contributed by atoms with Gasteiger partial charge >= 0.3 is 5.97 Å². The Bertz CT molecular complexity index is 267. The van der Waals surface area contributed by atoms with Gasteiger partial charge in [0.15, 0.2) is 0 Å². The van der Waals surface area contributed by atoms with Gasteiger partial charge < -0.3 is 14.7 Å². The van der Waals surface area contributed by atoms with E-state index in [0.29, 0.717) is 26.1 Å². The van der Waals surface area contributed by atoms with E-state index < -0.39 is 11.5 Å². The van der Waals surface area contributed by atoms with Crippen LogP contribution in [0.1, 0.15) is 19.3 Å². The van der Waals surface area contributed by atoms with Crippen molar-refractivity contribution in [3.05, 3.63) is 0 Å². The second-order valence-corrected chi connectivity index (χ2v) is 5.09. The first-order chi connectivity index (χ1) is 8.15. The fraction of sp³-hybridized carbons (Fsp3) is 0.917. The minimum absolute atomic E-state index is 0.568. The Morgan fingerprint density at radius 2 is 1.88 bits per heavy atom. The lowest BCUT2D eigenvalue weighted by atomic mass is 9.88. The van der Waals surface area contributed by atoms with Crippen molar-refractivity contribution in [1.82, 2.24) is 9.80 Å². The molecular formula is C12H22N2O3. The molecule has 0 aliphatic carbocycles. The van der Waals surface area contributed by atoms with Gasteiger partial charge in [0.25, 0.3) is 0 Å². The Hall–Kier alpha value is -0.650. The van der Waals surface area contributed by atoms with Crippen LogP contribution in [0.5, 0.6) is 0 Å². The van der Waals surface area contributed by atoms with E-state index in [1.165, 1.54) is 0 Å². The largest absolute Gasteiger partial charge is 0.480 e. The van der Waals surface area contributed by atoms with Crippen molar-refractivity contribution in [2.24, 2.45) is 0 Å². The summed E-state index contributed by atoms with van der Waals surface area (Å²) in [5.41, 5.74) is -0.683. The van der Waals surface area contributed by atoms with Gasteiger partial charge in [-0.1, -0.05) is 0 Å². The van der Waals surface area contributed by atoms with Crippen LogP contribution in [0.4, 0.5) is 0 Å². The summed E-state index contributed by atoms with van der Waals surface area (Å²) >= 11 is 0. The minimum atomic E-state index is -0.683. The SMILES string of the molecule is CN1CCN(C2(C(=O)O)CCCOCC2)CC1. The third-order valence-corrected chi connectivity index (χ3v) is 4.05. The number of aliphatic carboxylic acids is 1. The number of ether oxygens (including phenoxy) is 1. The standard InChI is InChI=1S/C12H22N2O3/c1-13-5-7-14(8-6-13)12(11(15)16)3-2-9-17-10-4-12/h2-10H2,1H3,(H,15,16). The molecule has 2 aliphatic heterocycles. The lowest BCUT2D eigenvalue weighted by Crippen LogP contribution is -2.60. The fourth-order valence-electron chi connectivity index (χ4n) is 2.83. The molecule has 2 aliphatic rings. The normalized spacial score (nSPS) is 33.2. The number of hydrogen-bond acceptors (Lipinski definition) is 4. The molecule has 1 N–H and O–H groups in total. The highest BCUT2D eigenvalue weighted by atomic mass is 16.5. The molecule has 17 heavy (non-hydrogen) atoms. The number of likely N-dealkylation sites (N-methyl/N-ethyl adjacent to an activating group) is 1. The second-order valence-electron chi connectivity index (χ2n) is 5.09. The van der Waals surface area contributed by atoms with Gasteiger partial charge in [-0.25, -0.2) is 0 Å². The number of nitrogens with zero attached hydrogens (tertiary/aromatic N) is 2. The zero-order chi connectivity index (χ0) is 12.3. The quantitative estimate of drug-likeness (QED) is 0.752. The van der Waals surface area contributed by atoms with Gasteiger partial charge in [-0.3, -0.25) is 9.69 Å². The maximum Gasteiger partial charge on any atom is 0.324 e. The molecule has 5 nitrogen and oxygen atoms in total. The Labute approximate surface area is 102 Å². The Morgan fingerprint density at radius 3 is 2.53 bits per heavy atom. The first-order valence-corrected chi connectivity index (χ1v) is 6.40. The molecule has 5 heteroatoms. The number of hydrogen-bond donors (Lipinski definition) is 1. The van der Waals surface area contributed by atoms with Crippen molar-refractivity contribution in [2.75, 3.05) is 46.4 Å². The average Bonchev–Trinajstić information content (AvgIpc) is 2.56. The van der Waals surface area contributed by atoms with Crippen LogP contribution in [-0.4, -0.2) is 72.9 Å². The molecule has 0 radical (unpaired) electrons. The Kier molecular flexibility index (Phi) is 4.01. The first-order valence-electron chi connectivity index (χ1n) is 6.40. The maximum atomic E-state index is 11.7. The van der Waals surface area contributed by atoms with Crippen LogP contribution >= 0.6 is 0 Å². The van der Waals surface area contributed by atoms with Gasteiger partial charge in [0.2, 0.25) is 0 Å². The number of carboxylic acid groups (broad SMARTS) is 1. The molecule has 0 amide bonds. The molecular weight excluding hydrogens is 220 g/mol. The van der Waals surface area contributed by atoms with Crippen molar-refractivity contribution < 1.29 is 14.6 Å². The zero-order valence-electron chi connectivity index (χ0n) is 10.5. The summed E-state index contributed by atoms with van der Waals surface area (Å²) in [6.45, 7) is 4.87. The molecule has 2 fully saturated rings. The van der Waals surface area contributed by atoms with Crippen LogP contribution in [-0.2, 0) is 9.53 Å². The molecule has 2 heterocycles. The van der Waals surface area contributed by atoms with Crippen molar-refractivity contribution in [3.63, 3.8) is 0 Å². The van der Waals surface area contributed by atoms with Gasteiger partial charge in [-0.05, 0) is 26.3 Å². The van der Waals surface area contributed by atoms with E-state index in [4.69, 9.17) is 4.74 Å². The van der Waals surface area contributed by atoms with Crippen molar-refractivity contribution in [3.8, 4) is 0 Å². The third-order valence-electron chi connectivity index (χ3n) is 4.05. The highest BCUT2D eigenvalue weighted by molar-refractivity contribution is 5.78. The number of carbonyl (C=O) groups is 1. The summed E-state index contributed by atoms with van der Waals surface area (Å²) in [5, 5.41) is 9.62. The highest BCUT2D eigenvalue weighted by Gasteiger charge is 2.44. The lowest BCUT2D eigenvalue weighted by Gasteiger charge is -2.44. The number of rotatable bonds is 2. The topological polar surface area (TPSA) is 53.0 Å². The van der Waals surface area contributed by atoms with Gasteiger partial charge in [-0.15, -0.1) is 0 Å². The molecule has 0 saturated carbocycles. The molecule has 0 aromatic carbocycles. The molecule has 1 atom stereocenters. The van der Waals surface area contributed by atoms with E-state index in [0.717, 1.165) is 32.6 Å². The van der Waals surface area contributed by atoms with Crippen molar-refractivity contribution in [1.29, 1.82) is 0 Å². The predicted molar refractivity (Wildman–Crippen MR) is 64.1 cm³/mol. The smallest absolute Gasteiger partial charge is 0.324 e. The van der Waals surface area contributed by atoms with Crippen LogP contribution in [0, 0.1) is 0 Å². The molecule has 0 spiro atoms. The Morgan fingerprint density at radius 1 is 1.18 bits per heavy atom. The van der Waals surface area contributed by atoms with E-state index in [1.54, 1.807) is 0 Å². The molecule has 0 bridgehead atoms. The van der Waals surface area contributed by atoms with E-state index in [-0.39, 0.29) is 0 Å². The molecule has 1 unspecified atom stereocenters. The zero-order valence-corrected chi connectivity index (χ0v) is 10.5. The highest BCUT2D eigenvalue weighted by Crippen LogP contribution is 2.29. The van der Waals surface area contributed by atoms with Gasteiger partial charge in [0, 0.05) is 39.4 Å². The number of carboxylic acids is 1. The van der Waals surface area contributed by atoms with Gasteiger partial charge in [0.05, 0.1) is 0 Å². The molecule has 2 saturated heterocycles. The minimum Gasteiger partial charge on any atom is -0.480 e. The molecule has 0 aromatic rings. The lowest BCUT2D eigenvalue weighted by molar-refractivity contribution is -0.154. The monoisotopic (exact) mass is 242 g/mol. The van der Waals surface area contributed by atoms with E-state index in [9.17, 15) is 9.90 Å². The molecule has 98 valence electrons. The number of piperazine rings is 1.